The number of nitrogens with two attached hydrogens (primary N) is 1. The van der Waals surface area contributed by atoms with Crippen LogP contribution in [0.4, 0.5) is 5.69 Å². The Morgan fingerprint density at radius 1 is 1.03 bits per heavy atom. The molecule has 0 bridgehead atoms. The topological polar surface area (TPSA) is 98.5 Å². The summed E-state index contributed by atoms with van der Waals surface area (Å²) in [4.78, 5) is 12.4. The van der Waals surface area contributed by atoms with E-state index in [1.165, 1.54) is 24.3 Å². The fourth-order valence-corrected chi connectivity index (χ4v) is 3.93. The number of ether oxygens (including phenoxy) is 1. The van der Waals surface area contributed by atoms with E-state index in [0.717, 1.165) is 0 Å². The number of halogens is 2. The van der Waals surface area contributed by atoms with E-state index < -0.39 is 15.9 Å². The highest BCUT2D eigenvalue weighted by molar-refractivity contribution is 7.89. The second-order valence-corrected chi connectivity index (χ2v) is 8.87. The van der Waals surface area contributed by atoms with Crippen LogP contribution >= 0.6 is 23.2 Å². The number of benzene rings is 3. The van der Waals surface area contributed by atoms with Crippen LogP contribution in [0.5, 0.6) is 11.5 Å². The molecule has 0 spiro atoms. The van der Waals surface area contributed by atoms with Crippen molar-refractivity contribution in [2.75, 3.05) is 5.32 Å². The molecule has 0 saturated carbocycles. The van der Waals surface area contributed by atoms with Gasteiger partial charge in [0, 0.05) is 15.7 Å². The van der Waals surface area contributed by atoms with Gasteiger partial charge in [-0.3, -0.25) is 4.79 Å². The molecule has 0 aliphatic heterocycles. The molecule has 0 saturated heterocycles. The molecule has 0 aliphatic carbocycles. The van der Waals surface area contributed by atoms with E-state index in [1.807, 2.05) is 0 Å². The second-order valence-electron chi connectivity index (χ2n) is 6.50. The van der Waals surface area contributed by atoms with Crippen LogP contribution in [0.25, 0.3) is 0 Å². The monoisotopic (exact) mass is 464 g/mol. The molecule has 1 unspecified atom stereocenters. The summed E-state index contributed by atoms with van der Waals surface area (Å²) in [5, 5.41) is 8.93. The molecular formula is C21H18Cl2N2O4S. The molecule has 30 heavy (non-hydrogen) atoms. The number of carbonyl (C=O) groups excluding carboxylic acids is 1. The van der Waals surface area contributed by atoms with E-state index in [9.17, 15) is 13.2 Å². The van der Waals surface area contributed by atoms with Gasteiger partial charge in [0.25, 0.3) is 0 Å². The first-order valence-corrected chi connectivity index (χ1v) is 11.1. The lowest BCUT2D eigenvalue weighted by Gasteiger charge is -2.16. The van der Waals surface area contributed by atoms with Crippen LogP contribution in [0, 0.1) is 0 Å². The van der Waals surface area contributed by atoms with Gasteiger partial charge >= 0.3 is 0 Å². The summed E-state index contributed by atoms with van der Waals surface area (Å²) in [7, 11) is -4.13. The van der Waals surface area contributed by atoms with Crippen LogP contribution in [0.1, 0.15) is 18.4 Å². The van der Waals surface area contributed by atoms with Crippen molar-refractivity contribution in [3.05, 3.63) is 82.3 Å². The van der Waals surface area contributed by atoms with Crippen molar-refractivity contribution in [1.29, 1.82) is 0 Å². The van der Waals surface area contributed by atoms with E-state index in [4.69, 9.17) is 33.1 Å². The van der Waals surface area contributed by atoms with Crippen LogP contribution in [0.2, 0.25) is 10.0 Å². The van der Waals surface area contributed by atoms with Crippen LogP contribution < -0.4 is 15.2 Å². The highest BCUT2D eigenvalue weighted by atomic mass is 35.5. The lowest BCUT2D eigenvalue weighted by molar-refractivity contribution is -0.117. The van der Waals surface area contributed by atoms with E-state index in [-0.39, 0.29) is 22.2 Å². The number of rotatable bonds is 6. The predicted octanol–water partition coefficient (Wildman–Crippen LogP) is 5.18. The molecule has 1 amide bonds. The van der Waals surface area contributed by atoms with Crippen molar-refractivity contribution < 1.29 is 17.9 Å². The first-order chi connectivity index (χ1) is 14.1. The van der Waals surface area contributed by atoms with Crippen LogP contribution in [0.3, 0.4) is 0 Å². The standard InChI is InChI=1S/C21H18Cl2N2O4S/c1-13(17-7-2-3-8-18(17)23)21(26)25-15-9-10-19(20(12-15)30(24,27)28)29-16-6-4-5-14(22)11-16/h2-13H,1H3,(H,25,26)(H2,24,27,28). The van der Waals surface area contributed by atoms with Crippen molar-refractivity contribution in [2.45, 2.75) is 17.7 Å². The first-order valence-electron chi connectivity index (χ1n) is 8.80. The van der Waals surface area contributed by atoms with Crippen molar-refractivity contribution >= 4 is 44.8 Å². The van der Waals surface area contributed by atoms with Gasteiger partial charge < -0.3 is 10.1 Å². The summed E-state index contributed by atoms with van der Waals surface area (Å²) in [5.74, 6) is -0.556. The van der Waals surface area contributed by atoms with Crippen LogP contribution in [-0.4, -0.2) is 14.3 Å². The summed E-state index contributed by atoms with van der Waals surface area (Å²) in [5.41, 5.74) is 0.908. The van der Waals surface area contributed by atoms with E-state index in [0.29, 0.717) is 21.4 Å². The van der Waals surface area contributed by atoms with Gasteiger partial charge in [0.05, 0.1) is 5.92 Å². The SMILES string of the molecule is CC(C(=O)Nc1ccc(Oc2cccc(Cl)c2)c(S(N)(=O)=O)c1)c1ccccc1Cl. The van der Waals surface area contributed by atoms with Gasteiger partial charge in [-0.1, -0.05) is 47.5 Å². The maximum absolute atomic E-state index is 12.6. The molecule has 0 radical (unpaired) electrons. The zero-order chi connectivity index (χ0) is 21.9. The Balaban J connectivity index is 1.88. The molecule has 3 aromatic carbocycles. The van der Waals surface area contributed by atoms with Crippen molar-refractivity contribution in [3.8, 4) is 11.5 Å². The smallest absolute Gasteiger partial charge is 0.241 e. The Morgan fingerprint density at radius 2 is 1.77 bits per heavy atom. The summed E-state index contributed by atoms with van der Waals surface area (Å²) in [6.45, 7) is 1.70. The number of carbonyl (C=O) groups is 1. The van der Waals surface area contributed by atoms with E-state index in [2.05, 4.69) is 5.32 Å². The average molecular weight is 465 g/mol. The van der Waals surface area contributed by atoms with Crippen LogP contribution in [0.15, 0.2) is 71.6 Å². The highest BCUT2D eigenvalue weighted by Crippen LogP contribution is 2.32. The minimum absolute atomic E-state index is 0.0110. The summed E-state index contributed by atoms with van der Waals surface area (Å²) < 4.78 is 29.8. The Hall–Kier alpha value is -2.58. The number of anilines is 1. The third-order valence-corrected chi connectivity index (χ3v) is 5.82. The first kappa shape index (κ1) is 22.1. The van der Waals surface area contributed by atoms with Gasteiger partial charge in [0.15, 0.2) is 0 Å². The van der Waals surface area contributed by atoms with Gasteiger partial charge in [-0.2, -0.15) is 0 Å². The lowest BCUT2D eigenvalue weighted by Crippen LogP contribution is -2.20. The number of amides is 1. The molecule has 3 N–H and O–H groups in total. The third-order valence-electron chi connectivity index (χ3n) is 4.31. The molecule has 3 rings (SSSR count). The maximum atomic E-state index is 12.6. The van der Waals surface area contributed by atoms with Crippen molar-refractivity contribution in [1.82, 2.24) is 0 Å². The maximum Gasteiger partial charge on any atom is 0.241 e. The molecule has 0 aromatic heterocycles. The Kier molecular flexibility index (Phi) is 6.67. The van der Waals surface area contributed by atoms with Gasteiger partial charge in [-0.25, -0.2) is 13.6 Å². The van der Waals surface area contributed by atoms with Gasteiger partial charge in [-0.15, -0.1) is 0 Å². The Labute approximate surface area is 184 Å². The molecule has 0 heterocycles. The number of primary sulfonamides is 1. The summed E-state index contributed by atoms with van der Waals surface area (Å²) in [6.07, 6.45) is 0. The molecule has 1 atom stereocenters. The fourth-order valence-electron chi connectivity index (χ4n) is 2.77. The highest BCUT2D eigenvalue weighted by Gasteiger charge is 2.21. The molecule has 3 aromatic rings. The zero-order valence-electron chi connectivity index (χ0n) is 15.8. The Bertz CT molecular complexity index is 1200. The summed E-state index contributed by atoms with van der Waals surface area (Å²) in [6, 6.07) is 17.7. The third kappa shape index (κ3) is 5.31. The number of nitrogens with one attached hydrogen (secondary N) is 1. The molecule has 6 nitrogen and oxygen atoms in total. The Morgan fingerprint density at radius 3 is 2.43 bits per heavy atom. The number of hydrogen-bond donors (Lipinski definition) is 2. The number of sulfonamides is 1. The second kappa shape index (κ2) is 9.06. The lowest BCUT2D eigenvalue weighted by atomic mass is 10.0. The molecule has 0 aliphatic rings. The van der Waals surface area contributed by atoms with Crippen molar-refractivity contribution in [3.63, 3.8) is 0 Å². The summed E-state index contributed by atoms with van der Waals surface area (Å²) >= 11 is 12.1. The average Bonchev–Trinajstić information content (AvgIpc) is 2.68. The minimum atomic E-state index is -4.13. The predicted molar refractivity (Wildman–Crippen MR) is 118 cm³/mol. The van der Waals surface area contributed by atoms with Gasteiger partial charge in [0.2, 0.25) is 15.9 Å². The largest absolute Gasteiger partial charge is 0.456 e. The quantitative estimate of drug-likeness (QED) is 0.525. The van der Waals surface area contributed by atoms with Crippen LogP contribution in [-0.2, 0) is 14.8 Å². The van der Waals surface area contributed by atoms with Gasteiger partial charge in [-0.05, 0) is 55.0 Å². The minimum Gasteiger partial charge on any atom is -0.456 e. The molecule has 0 fully saturated rings. The normalized spacial score (nSPS) is 12.3. The zero-order valence-corrected chi connectivity index (χ0v) is 18.1. The van der Waals surface area contributed by atoms with E-state index >= 15 is 0 Å². The van der Waals surface area contributed by atoms with Crippen molar-refractivity contribution in [2.24, 2.45) is 5.14 Å². The number of hydrogen-bond acceptors (Lipinski definition) is 4. The van der Waals surface area contributed by atoms with E-state index in [1.54, 1.807) is 49.4 Å². The molecule has 9 heteroatoms. The molecule has 156 valence electrons. The molecular weight excluding hydrogens is 447 g/mol. The van der Waals surface area contributed by atoms with Gasteiger partial charge in [0.1, 0.15) is 16.4 Å². The fraction of sp³-hybridized carbons (Fsp3) is 0.0952.